The minimum absolute atomic E-state index is 0.0481. The first kappa shape index (κ1) is 25.0. The van der Waals surface area contributed by atoms with Gasteiger partial charge in [-0.25, -0.2) is 0 Å². The number of β-amino-alcohol motifs (C(OH)–C–C–N with tert-alkyl or cyclic N) is 1. The molecule has 2 heterocycles. The van der Waals surface area contributed by atoms with Crippen LogP contribution < -0.4 is 5.32 Å². The van der Waals surface area contributed by atoms with Crippen molar-refractivity contribution in [3.05, 3.63) is 88.1 Å². The lowest BCUT2D eigenvalue weighted by Gasteiger charge is -2.29. The molecule has 0 aromatic heterocycles. The zero-order chi connectivity index (χ0) is 26.1. The van der Waals surface area contributed by atoms with Crippen molar-refractivity contribution in [2.75, 3.05) is 6.54 Å². The zero-order valence-corrected chi connectivity index (χ0v) is 21.4. The van der Waals surface area contributed by atoms with E-state index >= 15 is 0 Å². The molecular weight excluding hydrogens is 466 g/mol. The molecule has 37 heavy (non-hydrogen) atoms. The Morgan fingerprint density at radius 1 is 1.08 bits per heavy atom. The number of nitrogens with zero attached hydrogens (tertiary/aromatic N) is 2. The van der Waals surface area contributed by atoms with Crippen LogP contribution >= 0.6 is 0 Å². The number of allylic oxidation sites excluding steroid dienone is 3. The molecule has 0 radical (unpaired) electrons. The lowest BCUT2D eigenvalue weighted by atomic mass is 10.0. The molecule has 192 valence electrons. The standard InChI is InChI=1S/C30H33N3O4/c1-19(2)27(33-17-23-9-5-6-10-25(23)29(33)36)30(37)32-18-24(34)15-26(32)28(35)31-16-20-11-13-22(14-12-20)21-7-3-4-8-21/h5-7,9-14,24,26,34H,3-4,8,15-18H2,1-2H3,(H,31,35)/t24-,26+/m1/s1. The zero-order valence-electron chi connectivity index (χ0n) is 21.4. The number of aliphatic hydroxyl groups excluding tert-OH is 1. The monoisotopic (exact) mass is 499 g/mol. The molecule has 2 aromatic rings. The second-order valence-corrected chi connectivity index (χ2v) is 10.3. The molecule has 0 saturated carbocycles. The summed E-state index contributed by atoms with van der Waals surface area (Å²) in [5, 5.41) is 13.3. The maximum absolute atomic E-state index is 13.7. The molecule has 3 aliphatic rings. The van der Waals surface area contributed by atoms with Gasteiger partial charge in [-0.2, -0.15) is 0 Å². The van der Waals surface area contributed by atoms with Crippen LogP contribution in [0.15, 0.2) is 65.9 Å². The molecular formula is C30H33N3O4. The van der Waals surface area contributed by atoms with E-state index in [9.17, 15) is 19.5 Å². The molecule has 5 rings (SSSR count). The summed E-state index contributed by atoms with van der Waals surface area (Å²) in [5.41, 5.74) is 5.96. The Balaban J connectivity index is 1.28. The van der Waals surface area contributed by atoms with Crippen LogP contribution in [0.25, 0.3) is 5.57 Å². The van der Waals surface area contributed by atoms with Crippen molar-refractivity contribution in [1.82, 2.24) is 15.1 Å². The van der Waals surface area contributed by atoms with Gasteiger partial charge in [-0.15, -0.1) is 0 Å². The van der Waals surface area contributed by atoms with Gasteiger partial charge in [0.15, 0.2) is 0 Å². The summed E-state index contributed by atoms with van der Waals surface area (Å²) >= 11 is 0. The van der Waals surface area contributed by atoms with Crippen molar-refractivity contribution < 1.29 is 19.5 Å². The molecule has 1 saturated heterocycles. The molecule has 0 unspecified atom stereocenters. The summed E-state index contributed by atoms with van der Waals surface area (Å²) < 4.78 is 0. The average Bonchev–Trinajstić information content (AvgIpc) is 3.63. The fourth-order valence-electron chi connectivity index (χ4n) is 5.53. The Morgan fingerprint density at radius 3 is 2.51 bits per heavy atom. The third kappa shape index (κ3) is 4.96. The SMILES string of the molecule is CC(C)=C(C(=O)N1C[C@H](O)C[C@H]1C(=O)NCc1ccc(C2=CCCC2)cc1)N1Cc2ccccc2C1=O. The predicted molar refractivity (Wildman–Crippen MR) is 141 cm³/mol. The summed E-state index contributed by atoms with van der Waals surface area (Å²) in [4.78, 5) is 42.9. The van der Waals surface area contributed by atoms with Crippen molar-refractivity contribution in [2.24, 2.45) is 0 Å². The summed E-state index contributed by atoms with van der Waals surface area (Å²) in [6.45, 7) is 4.27. The fourth-order valence-corrected chi connectivity index (χ4v) is 5.53. The number of carbonyl (C=O) groups excluding carboxylic acids is 3. The number of nitrogens with one attached hydrogen (secondary N) is 1. The Bertz CT molecular complexity index is 1290. The van der Waals surface area contributed by atoms with Crippen molar-refractivity contribution in [3.63, 3.8) is 0 Å². The Morgan fingerprint density at radius 2 is 1.84 bits per heavy atom. The van der Waals surface area contributed by atoms with Crippen molar-refractivity contribution in [3.8, 4) is 0 Å². The summed E-state index contributed by atoms with van der Waals surface area (Å²) in [5.74, 6) is -0.943. The minimum Gasteiger partial charge on any atom is -0.391 e. The summed E-state index contributed by atoms with van der Waals surface area (Å²) in [7, 11) is 0. The number of amides is 3. The predicted octanol–water partition coefficient (Wildman–Crippen LogP) is 3.78. The van der Waals surface area contributed by atoms with E-state index in [0.29, 0.717) is 24.2 Å². The van der Waals surface area contributed by atoms with E-state index in [1.165, 1.54) is 27.4 Å². The fraction of sp³-hybridized carbons (Fsp3) is 0.367. The number of fused-ring (bicyclic) bond motifs is 1. The smallest absolute Gasteiger partial charge is 0.271 e. The van der Waals surface area contributed by atoms with Crippen LogP contribution in [0, 0.1) is 0 Å². The van der Waals surface area contributed by atoms with Gasteiger partial charge in [-0.05, 0) is 67.0 Å². The highest BCUT2D eigenvalue weighted by Gasteiger charge is 2.43. The van der Waals surface area contributed by atoms with E-state index in [2.05, 4.69) is 23.5 Å². The Labute approximate surface area is 217 Å². The van der Waals surface area contributed by atoms with Gasteiger partial charge >= 0.3 is 0 Å². The minimum atomic E-state index is -0.806. The lowest BCUT2D eigenvalue weighted by Crippen LogP contribution is -2.48. The van der Waals surface area contributed by atoms with Gasteiger partial charge in [0.05, 0.1) is 12.6 Å². The number of aliphatic hydroxyl groups is 1. The second kappa shape index (κ2) is 10.3. The molecule has 7 heteroatoms. The maximum atomic E-state index is 13.7. The molecule has 2 aliphatic heterocycles. The van der Waals surface area contributed by atoms with Gasteiger partial charge in [0.2, 0.25) is 5.91 Å². The topological polar surface area (TPSA) is 89.9 Å². The molecule has 2 aromatic carbocycles. The number of rotatable bonds is 6. The number of hydrogen-bond acceptors (Lipinski definition) is 4. The van der Waals surface area contributed by atoms with Crippen LogP contribution in [-0.4, -0.2) is 51.3 Å². The average molecular weight is 500 g/mol. The van der Waals surface area contributed by atoms with E-state index in [1.54, 1.807) is 26.0 Å². The number of carbonyl (C=O) groups is 3. The van der Waals surface area contributed by atoms with Crippen molar-refractivity contribution in [1.29, 1.82) is 0 Å². The molecule has 2 N–H and O–H groups in total. The van der Waals surface area contributed by atoms with Gasteiger partial charge in [0.1, 0.15) is 11.7 Å². The van der Waals surface area contributed by atoms with Gasteiger partial charge in [0, 0.05) is 25.1 Å². The Kier molecular flexibility index (Phi) is 6.98. The molecule has 0 bridgehead atoms. The molecule has 2 atom stereocenters. The first-order chi connectivity index (χ1) is 17.8. The first-order valence-electron chi connectivity index (χ1n) is 13.0. The second-order valence-electron chi connectivity index (χ2n) is 10.3. The third-order valence-electron chi connectivity index (χ3n) is 7.44. The number of likely N-dealkylation sites (tertiary alicyclic amines) is 1. The number of hydrogen-bond donors (Lipinski definition) is 2. The van der Waals surface area contributed by atoms with E-state index in [0.717, 1.165) is 24.0 Å². The molecule has 3 amide bonds. The van der Waals surface area contributed by atoms with Gasteiger partial charge in [-0.1, -0.05) is 48.5 Å². The maximum Gasteiger partial charge on any atom is 0.271 e. The third-order valence-corrected chi connectivity index (χ3v) is 7.44. The summed E-state index contributed by atoms with van der Waals surface area (Å²) in [6.07, 6.45) is 5.07. The van der Waals surface area contributed by atoms with Crippen LogP contribution in [-0.2, 0) is 22.7 Å². The van der Waals surface area contributed by atoms with Crippen LogP contribution in [0.5, 0.6) is 0 Å². The van der Waals surface area contributed by atoms with Crippen molar-refractivity contribution >= 4 is 23.3 Å². The molecule has 7 nitrogen and oxygen atoms in total. The van der Waals surface area contributed by atoms with E-state index in [4.69, 9.17) is 0 Å². The summed E-state index contributed by atoms with van der Waals surface area (Å²) in [6, 6.07) is 14.7. The normalized spacial score (nSPS) is 20.6. The van der Waals surface area contributed by atoms with Gasteiger partial charge in [-0.3, -0.25) is 19.3 Å². The first-order valence-corrected chi connectivity index (χ1v) is 13.0. The van der Waals surface area contributed by atoms with E-state index < -0.39 is 18.1 Å². The molecule has 1 aliphatic carbocycles. The highest BCUT2D eigenvalue weighted by molar-refractivity contribution is 6.06. The van der Waals surface area contributed by atoms with Gasteiger partial charge < -0.3 is 15.3 Å². The van der Waals surface area contributed by atoms with E-state index in [-0.39, 0.29) is 30.5 Å². The van der Waals surface area contributed by atoms with Crippen LogP contribution in [0.1, 0.15) is 66.6 Å². The quantitative estimate of drug-likeness (QED) is 0.592. The van der Waals surface area contributed by atoms with Crippen LogP contribution in [0.3, 0.4) is 0 Å². The largest absolute Gasteiger partial charge is 0.391 e. The van der Waals surface area contributed by atoms with E-state index in [1.807, 2.05) is 24.3 Å². The highest BCUT2D eigenvalue weighted by Crippen LogP contribution is 2.31. The molecule has 0 spiro atoms. The number of benzene rings is 2. The van der Waals surface area contributed by atoms with Crippen molar-refractivity contribution in [2.45, 2.75) is 64.8 Å². The highest BCUT2D eigenvalue weighted by atomic mass is 16.3. The van der Waals surface area contributed by atoms with Crippen LogP contribution in [0.4, 0.5) is 0 Å². The Hall–Kier alpha value is -3.71. The molecule has 1 fully saturated rings. The lowest BCUT2D eigenvalue weighted by molar-refractivity contribution is -0.136. The van der Waals surface area contributed by atoms with Crippen LogP contribution in [0.2, 0.25) is 0 Å². The van der Waals surface area contributed by atoms with Gasteiger partial charge in [0.25, 0.3) is 11.8 Å².